The van der Waals surface area contributed by atoms with E-state index in [2.05, 4.69) is 17.3 Å². The lowest BCUT2D eigenvalue weighted by Gasteiger charge is -2.42. The summed E-state index contributed by atoms with van der Waals surface area (Å²) in [5.74, 6) is 0.923. The first kappa shape index (κ1) is 16.9. The van der Waals surface area contributed by atoms with Gasteiger partial charge in [0.15, 0.2) is 4.96 Å². The molecule has 8 heteroatoms. The topological polar surface area (TPSA) is 66.7 Å². The van der Waals surface area contributed by atoms with E-state index in [1.807, 2.05) is 18.5 Å². The molecular formula is C17H22N4O2S2. The summed E-state index contributed by atoms with van der Waals surface area (Å²) in [6, 6.07) is 0. The number of hydrazine groups is 1. The third-order valence-electron chi connectivity index (χ3n) is 5.45. The number of fused-ring (bicyclic) bond motifs is 1. The number of aryl methyl sites for hydroxylation is 1. The van der Waals surface area contributed by atoms with Crippen molar-refractivity contribution in [3.63, 3.8) is 0 Å². The Hall–Kier alpha value is -1.54. The SMILES string of the molecule is CCC1CCC2(CC1)SCC(=O)N2NC(=O)c1c(C)nc2sccn12. The number of hydrogen-bond donors (Lipinski definition) is 1. The van der Waals surface area contributed by atoms with Crippen LogP contribution in [0.2, 0.25) is 0 Å². The minimum absolute atomic E-state index is 0.00275. The van der Waals surface area contributed by atoms with Crippen molar-refractivity contribution in [2.24, 2.45) is 5.92 Å². The third kappa shape index (κ3) is 2.75. The number of nitrogens with zero attached hydrogens (tertiary/aromatic N) is 3. The predicted octanol–water partition coefficient (Wildman–Crippen LogP) is 3.22. The van der Waals surface area contributed by atoms with Gasteiger partial charge in [0.1, 0.15) is 10.6 Å². The summed E-state index contributed by atoms with van der Waals surface area (Å²) in [5, 5.41) is 3.53. The normalized spacial score (nSPS) is 26.7. The fraction of sp³-hybridized carbons (Fsp3) is 0.588. The van der Waals surface area contributed by atoms with Crippen molar-refractivity contribution >= 4 is 39.9 Å². The van der Waals surface area contributed by atoms with Crippen LogP contribution in [0, 0.1) is 12.8 Å². The number of thioether (sulfide) groups is 1. The van der Waals surface area contributed by atoms with Crippen LogP contribution in [0.1, 0.15) is 55.2 Å². The smallest absolute Gasteiger partial charge is 0.286 e. The van der Waals surface area contributed by atoms with Gasteiger partial charge in [0.05, 0.1) is 11.4 Å². The highest BCUT2D eigenvalue weighted by molar-refractivity contribution is 8.01. The first-order valence-corrected chi connectivity index (χ1v) is 10.6. The van der Waals surface area contributed by atoms with Gasteiger partial charge < -0.3 is 0 Å². The Bertz CT molecular complexity index is 820. The van der Waals surface area contributed by atoms with Crippen molar-refractivity contribution in [1.29, 1.82) is 0 Å². The largest absolute Gasteiger partial charge is 0.288 e. The zero-order valence-electron chi connectivity index (χ0n) is 14.4. The number of carbonyl (C=O) groups is 2. The summed E-state index contributed by atoms with van der Waals surface area (Å²) >= 11 is 3.18. The molecule has 1 aliphatic carbocycles. The maximum Gasteiger partial charge on any atom is 0.288 e. The van der Waals surface area contributed by atoms with Crippen LogP contribution in [0.25, 0.3) is 4.96 Å². The van der Waals surface area contributed by atoms with E-state index in [1.165, 1.54) is 17.8 Å². The summed E-state index contributed by atoms with van der Waals surface area (Å²) in [6.07, 6.45) is 7.15. The fourth-order valence-electron chi connectivity index (χ4n) is 3.94. The maximum absolute atomic E-state index is 12.9. The minimum atomic E-state index is -0.273. The Labute approximate surface area is 155 Å². The number of thiazole rings is 1. The number of rotatable bonds is 3. The van der Waals surface area contributed by atoms with Crippen molar-refractivity contribution in [3.05, 3.63) is 23.0 Å². The summed E-state index contributed by atoms with van der Waals surface area (Å²) in [5.41, 5.74) is 4.11. The van der Waals surface area contributed by atoms with E-state index in [0.717, 1.165) is 36.6 Å². The molecule has 2 aliphatic rings. The first-order chi connectivity index (χ1) is 12.0. The lowest BCUT2D eigenvalue weighted by Crippen LogP contribution is -2.56. The molecule has 134 valence electrons. The quantitative estimate of drug-likeness (QED) is 0.890. The molecule has 1 aliphatic heterocycles. The van der Waals surface area contributed by atoms with E-state index < -0.39 is 0 Å². The van der Waals surface area contributed by atoms with Crippen LogP contribution in [-0.2, 0) is 4.79 Å². The molecule has 1 N–H and O–H groups in total. The molecular weight excluding hydrogens is 356 g/mol. The van der Waals surface area contributed by atoms with Gasteiger partial charge in [0.2, 0.25) is 0 Å². The lowest BCUT2D eigenvalue weighted by molar-refractivity contribution is -0.134. The van der Waals surface area contributed by atoms with Gasteiger partial charge in [-0.1, -0.05) is 13.3 Å². The monoisotopic (exact) mass is 378 g/mol. The Morgan fingerprint density at radius 2 is 2.20 bits per heavy atom. The van der Waals surface area contributed by atoms with Gasteiger partial charge in [-0.25, -0.2) is 9.99 Å². The van der Waals surface area contributed by atoms with Crippen molar-refractivity contribution in [2.45, 2.75) is 50.8 Å². The number of carbonyl (C=O) groups excluding carboxylic acids is 2. The van der Waals surface area contributed by atoms with E-state index in [-0.39, 0.29) is 16.7 Å². The van der Waals surface area contributed by atoms with Crippen molar-refractivity contribution in [2.75, 3.05) is 5.75 Å². The van der Waals surface area contributed by atoms with Crippen LogP contribution >= 0.6 is 23.1 Å². The molecule has 0 unspecified atom stereocenters. The molecule has 25 heavy (non-hydrogen) atoms. The predicted molar refractivity (Wildman–Crippen MR) is 99.6 cm³/mol. The van der Waals surface area contributed by atoms with Gasteiger partial charge in [-0.3, -0.25) is 19.4 Å². The number of amides is 2. The molecule has 0 atom stereocenters. The number of imidazole rings is 1. The number of nitrogens with one attached hydrogen (secondary N) is 1. The Kier molecular flexibility index (Phi) is 4.27. The second-order valence-electron chi connectivity index (χ2n) is 6.86. The van der Waals surface area contributed by atoms with Crippen LogP contribution < -0.4 is 5.43 Å². The highest BCUT2D eigenvalue weighted by Gasteiger charge is 2.49. The maximum atomic E-state index is 12.9. The van der Waals surface area contributed by atoms with E-state index in [4.69, 9.17) is 0 Å². The molecule has 4 rings (SSSR count). The van der Waals surface area contributed by atoms with Gasteiger partial charge in [-0.05, 0) is 38.5 Å². The van der Waals surface area contributed by atoms with E-state index in [1.54, 1.807) is 21.2 Å². The molecule has 0 bridgehead atoms. The zero-order valence-corrected chi connectivity index (χ0v) is 16.1. The fourth-order valence-corrected chi connectivity index (χ4v) is 6.03. The van der Waals surface area contributed by atoms with E-state index in [9.17, 15) is 9.59 Å². The summed E-state index contributed by atoms with van der Waals surface area (Å²) in [4.78, 5) is 30.3. The van der Waals surface area contributed by atoms with Crippen molar-refractivity contribution in [1.82, 2.24) is 19.8 Å². The van der Waals surface area contributed by atoms with Gasteiger partial charge in [-0.15, -0.1) is 23.1 Å². The molecule has 2 amide bonds. The Morgan fingerprint density at radius 3 is 2.92 bits per heavy atom. The van der Waals surface area contributed by atoms with Gasteiger partial charge in [0, 0.05) is 11.6 Å². The average Bonchev–Trinajstić information content (AvgIpc) is 3.25. The summed E-state index contributed by atoms with van der Waals surface area (Å²) < 4.78 is 1.80. The molecule has 1 saturated carbocycles. The average molecular weight is 379 g/mol. The van der Waals surface area contributed by atoms with Crippen molar-refractivity contribution in [3.8, 4) is 0 Å². The second kappa shape index (κ2) is 6.32. The zero-order chi connectivity index (χ0) is 17.6. The number of hydrogen-bond acceptors (Lipinski definition) is 5. The van der Waals surface area contributed by atoms with Crippen molar-refractivity contribution < 1.29 is 9.59 Å². The third-order valence-corrected chi connectivity index (χ3v) is 7.73. The second-order valence-corrected chi connectivity index (χ2v) is 9.07. The molecule has 1 spiro atoms. The Balaban J connectivity index is 1.58. The Morgan fingerprint density at radius 1 is 1.44 bits per heavy atom. The van der Waals surface area contributed by atoms with E-state index in [0.29, 0.717) is 17.1 Å². The number of aromatic nitrogens is 2. The highest BCUT2D eigenvalue weighted by atomic mass is 32.2. The van der Waals surface area contributed by atoms with Gasteiger partial charge in [0.25, 0.3) is 11.8 Å². The standard InChI is InChI=1S/C17H22N4O2S2/c1-3-12-4-6-17(7-5-12)21(13(22)10-25-17)19-15(23)14-11(2)18-16-20(14)8-9-24-16/h8-9,12H,3-7,10H2,1-2H3,(H,19,23). The van der Waals surface area contributed by atoms with Crippen LogP contribution in [-0.4, -0.2) is 36.8 Å². The van der Waals surface area contributed by atoms with Crippen LogP contribution in [0.5, 0.6) is 0 Å². The molecule has 2 aromatic heterocycles. The summed E-state index contributed by atoms with van der Waals surface area (Å²) in [6.45, 7) is 4.06. The molecule has 0 radical (unpaired) electrons. The molecule has 3 heterocycles. The molecule has 6 nitrogen and oxygen atoms in total. The lowest BCUT2D eigenvalue weighted by atomic mass is 9.84. The van der Waals surface area contributed by atoms with E-state index >= 15 is 0 Å². The van der Waals surface area contributed by atoms with Gasteiger partial charge >= 0.3 is 0 Å². The summed E-state index contributed by atoms with van der Waals surface area (Å²) in [7, 11) is 0. The highest BCUT2D eigenvalue weighted by Crippen LogP contribution is 2.48. The molecule has 2 fully saturated rings. The van der Waals surface area contributed by atoms with Crippen LogP contribution in [0.15, 0.2) is 11.6 Å². The van der Waals surface area contributed by atoms with Crippen LogP contribution in [0.3, 0.4) is 0 Å². The molecule has 2 aromatic rings. The minimum Gasteiger partial charge on any atom is -0.286 e. The molecule has 1 saturated heterocycles. The molecule has 0 aromatic carbocycles. The van der Waals surface area contributed by atoms with Crippen LogP contribution in [0.4, 0.5) is 0 Å². The van der Waals surface area contributed by atoms with Gasteiger partial charge in [-0.2, -0.15) is 0 Å². The first-order valence-electron chi connectivity index (χ1n) is 8.74.